The summed E-state index contributed by atoms with van der Waals surface area (Å²) in [5.41, 5.74) is 1.58. The number of amides is 2. The summed E-state index contributed by atoms with van der Waals surface area (Å²) in [6, 6.07) is 7.33. The average molecular weight is 421 g/mol. The van der Waals surface area contributed by atoms with Gasteiger partial charge in [0.15, 0.2) is 5.76 Å². The number of anilines is 1. The molecule has 28 heavy (non-hydrogen) atoms. The molecule has 2 amide bonds. The Morgan fingerprint density at radius 2 is 2.11 bits per heavy atom. The molecule has 1 fully saturated rings. The molecule has 2 aliphatic rings. The SMILES string of the molecule is Cc1cc(CN2CCN(C(=O)C[C@H]3Sc4ccc(Cl)cc4NC3=O)CC2)on1. The first-order chi connectivity index (χ1) is 13.5. The summed E-state index contributed by atoms with van der Waals surface area (Å²) in [7, 11) is 0. The van der Waals surface area contributed by atoms with Crippen LogP contribution in [0.2, 0.25) is 5.02 Å². The second-order valence-electron chi connectivity index (χ2n) is 7.03. The number of piperazine rings is 1. The molecule has 4 rings (SSSR count). The summed E-state index contributed by atoms with van der Waals surface area (Å²) in [6.45, 7) is 5.45. The molecule has 7 nitrogen and oxygen atoms in total. The van der Waals surface area contributed by atoms with Gasteiger partial charge in [-0.2, -0.15) is 0 Å². The highest BCUT2D eigenvalue weighted by Crippen LogP contribution is 2.38. The fourth-order valence-corrected chi connectivity index (χ4v) is 4.67. The Bertz CT molecular complexity index is 895. The van der Waals surface area contributed by atoms with E-state index in [2.05, 4.69) is 15.4 Å². The highest BCUT2D eigenvalue weighted by molar-refractivity contribution is 8.01. The first-order valence-electron chi connectivity index (χ1n) is 9.17. The van der Waals surface area contributed by atoms with Gasteiger partial charge in [-0.15, -0.1) is 11.8 Å². The molecule has 9 heteroatoms. The molecule has 0 saturated carbocycles. The Labute approximate surface area is 172 Å². The number of carbonyl (C=O) groups is 2. The smallest absolute Gasteiger partial charge is 0.238 e. The maximum Gasteiger partial charge on any atom is 0.238 e. The molecule has 0 bridgehead atoms. The third-order valence-corrected chi connectivity index (χ3v) is 6.41. The molecule has 1 aromatic carbocycles. The van der Waals surface area contributed by atoms with Gasteiger partial charge in [0.05, 0.1) is 23.2 Å². The number of aryl methyl sites for hydroxylation is 1. The lowest BCUT2D eigenvalue weighted by molar-refractivity contribution is -0.134. The average Bonchev–Trinajstić information content (AvgIpc) is 3.08. The van der Waals surface area contributed by atoms with Crippen molar-refractivity contribution in [3.63, 3.8) is 0 Å². The van der Waals surface area contributed by atoms with Gasteiger partial charge in [0.2, 0.25) is 11.8 Å². The van der Waals surface area contributed by atoms with E-state index in [-0.39, 0.29) is 18.2 Å². The molecular formula is C19H21ClN4O3S. The highest BCUT2D eigenvalue weighted by Gasteiger charge is 2.31. The van der Waals surface area contributed by atoms with Gasteiger partial charge < -0.3 is 14.7 Å². The first-order valence-corrected chi connectivity index (χ1v) is 10.4. The van der Waals surface area contributed by atoms with Crippen molar-refractivity contribution in [3.05, 3.63) is 40.7 Å². The summed E-state index contributed by atoms with van der Waals surface area (Å²) in [5, 5.41) is 6.92. The fourth-order valence-electron chi connectivity index (χ4n) is 3.41. The molecule has 1 atom stereocenters. The number of carbonyl (C=O) groups excluding carboxylic acids is 2. The molecule has 0 radical (unpaired) electrons. The van der Waals surface area contributed by atoms with Gasteiger partial charge in [0.25, 0.3) is 0 Å². The largest absolute Gasteiger partial charge is 0.360 e. The Morgan fingerprint density at radius 3 is 2.82 bits per heavy atom. The number of halogens is 1. The number of benzene rings is 1. The van der Waals surface area contributed by atoms with Crippen LogP contribution in [-0.2, 0) is 16.1 Å². The van der Waals surface area contributed by atoms with Crippen LogP contribution in [0.25, 0.3) is 0 Å². The number of hydrogen-bond donors (Lipinski definition) is 1. The maximum atomic E-state index is 12.7. The van der Waals surface area contributed by atoms with Crippen LogP contribution in [-0.4, -0.2) is 58.2 Å². The zero-order valence-corrected chi connectivity index (χ0v) is 17.1. The van der Waals surface area contributed by atoms with Crippen LogP contribution < -0.4 is 5.32 Å². The van der Waals surface area contributed by atoms with E-state index in [1.807, 2.05) is 24.0 Å². The maximum absolute atomic E-state index is 12.7. The molecule has 0 unspecified atom stereocenters. The van der Waals surface area contributed by atoms with Crippen molar-refractivity contribution >= 4 is 40.9 Å². The summed E-state index contributed by atoms with van der Waals surface area (Å²) in [6.07, 6.45) is 0.194. The molecule has 0 spiro atoms. The van der Waals surface area contributed by atoms with Gasteiger partial charge >= 0.3 is 0 Å². The molecule has 2 aliphatic heterocycles. The lowest BCUT2D eigenvalue weighted by Crippen LogP contribution is -2.49. The van der Waals surface area contributed by atoms with Gasteiger partial charge in [-0.1, -0.05) is 16.8 Å². The number of nitrogens with zero attached hydrogens (tertiary/aromatic N) is 3. The zero-order valence-electron chi connectivity index (χ0n) is 15.5. The molecule has 3 heterocycles. The Balaban J connectivity index is 1.30. The molecule has 2 aromatic rings. The summed E-state index contributed by atoms with van der Waals surface area (Å²) >= 11 is 7.40. The van der Waals surface area contributed by atoms with E-state index < -0.39 is 5.25 Å². The number of aromatic nitrogens is 1. The van der Waals surface area contributed by atoms with Crippen LogP contribution in [0.1, 0.15) is 17.9 Å². The Hall–Kier alpha value is -2.03. The van der Waals surface area contributed by atoms with Crippen LogP contribution in [0.3, 0.4) is 0 Å². The van der Waals surface area contributed by atoms with Crippen molar-refractivity contribution in [2.24, 2.45) is 0 Å². The van der Waals surface area contributed by atoms with Gasteiger partial charge in [-0.25, -0.2) is 0 Å². The van der Waals surface area contributed by atoms with Crippen molar-refractivity contribution in [1.29, 1.82) is 0 Å². The normalized spacial score (nSPS) is 20.0. The molecule has 1 N–H and O–H groups in total. The van der Waals surface area contributed by atoms with Gasteiger partial charge in [0.1, 0.15) is 0 Å². The quantitative estimate of drug-likeness (QED) is 0.819. The Morgan fingerprint density at radius 1 is 1.32 bits per heavy atom. The third kappa shape index (κ3) is 4.34. The minimum atomic E-state index is -0.420. The van der Waals surface area contributed by atoms with Crippen molar-refractivity contribution in [3.8, 4) is 0 Å². The summed E-state index contributed by atoms with van der Waals surface area (Å²) < 4.78 is 5.26. The standard InChI is InChI=1S/C19H21ClN4O3S/c1-12-8-14(27-22-12)11-23-4-6-24(7-5-23)18(25)10-17-19(26)21-15-9-13(20)2-3-16(15)28-17/h2-3,8-9,17H,4-7,10-11H2,1H3,(H,21,26)/t17-/m1/s1. The zero-order chi connectivity index (χ0) is 19.7. The van der Waals surface area contributed by atoms with Gasteiger partial charge in [0, 0.05) is 48.6 Å². The molecule has 148 valence electrons. The minimum Gasteiger partial charge on any atom is -0.360 e. The third-order valence-electron chi connectivity index (χ3n) is 4.90. The van der Waals surface area contributed by atoms with Crippen LogP contribution in [0.5, 0.6) is 0 Å². The van der Waals surface area contributed by atoms with E-state index in [1.54, 1.807) is 12.1 Å². The van der Waals surface area contributed by atoms with E-state index in [1.165, 1.54) is 11.8 Å². The Kier molecular flexibility index (Phi) is 5.61. The summed E-state index contributed by atoms with van der Waals surface area (Å²) in [4.78, 5) is 30.1. The van der Waals surface area contributed by atoms with Crippen LogP contribution in [0, 0.1) is 6.92 Å². The van der Waals surface area contributed by atoms with E-state index in [4.69, 9.17) is 16.1 Å². The number of fused-ring (bicyclic) bond motifs is 1. The second kappa shape index (κ2) is 8.14. The number of thioether (sulfide) groups is 1. The predicted molar refractivity (Wildman–Crippen MR) is 107 cm³/mol. The monoisotopic (exact) mass is 420 g/mol. The second-order valence-corrected chi connectivity index (χ2v) is 8.71. The van der Waals surface area contributed by atoms with E-state index in [9.17, 15) is 9.59 Å². The van der Waals surface area contributed by atoms with Crippen molar-refractivity contribution < 1.29 is 14.1 Å². The first kappa shape index (κ1) is 19.3. The van der Waals surface area contributed by atoms with Crippen LogP contribution in [0.4, 0.5) is 5.69 Å². The number of nitrogens with one attached hydrogen (secondary N) is 1. The lowest BCUT2D eigenvalue weighted by atomic mass is 10.2. The van der Waals surface area contributed by atoms with E-state index in [0.29, 0.717) is 30.3 Å². The van der Waals surface area contributed by atoms with Crippen LogP contribution >= 0.6 is 23.4 Å². The molecular weight excluding hydrogens is 400 g/mol. The number of rotatable bonds is 4. The predicted octanol–water partition coefficient (Wildman–Crippen LogP) is 2.78. The summed E-state index contributed by atoms with van der Waals surface area (Å²) in [5.74, 6) is 0.707. The van der Waals surface area contributed by atoms with Crippen molar-refractivity contribution in [2.45, 2.75) is 30.0 Å². The fraction of sp³-hybridized carbons (Fsp3) is 0.421. The van der Waals surface area contributed by atoms with Crippen LogP contribution in [0.15, 0.2) is 33.7 Å². The van der Waals surface area contributed by atoms with Crippen molar-refractivity contribution in [2.75, 3.05) is 31.5 Å². The minimum absolute atomic E-state index is 0.0141. The topological polar surface area (TPSA) is 78.7 Å². The molecule has 0 aliphatic carbocycles. The highest BCUT2D eigenvalue weighted by atomic mass is 35.5. The molecule has 1 aromatic heterocycles. The number of hydrogen-bond acceptors (Lipinski definition) is 6. The van der Waals surface area contributed by atoms with E-state index in [0.717, 1.165) is 29.4 Å². The van der Waals surface area contributed by atoms with Crippen molar-refractivity contribution in [1.82, 2.24) is 15.0 Å². The molecule has 1 saturated heterocycles. The lowest BCUT2D eigenvalue weighted by Gasteiger charge is -2.35. The van der Waals surface area contributed by atoms with Gasteiger partial charge in [-0.05, 0) is 25.1 Å². The van der Waals surface area contributed by atoms with E-state index >= 15 is 0 Å². The van der Waals surface area contributed by atoms with Gasteiger partial charge in [-0.3, -0.25) is 14.5 Å².